The van der Waals surface area contributed by atoms with Crippen LogP contribution in [0.1, 0.15) is 18.9 Å². The van der Waals surface area contributed by atoms with E-state index < -0.39 is 6.04 Å². The Morgan fingerprint density at radius 1 is 1.35 bits per heavy atom. The van der Waals surface area contributed by atoms with Gasteiger partial charge in [0, 0.05) is 25.8 Å². The molecule has 1 fully saturated rings. The lowest BCUT2D eigenvalue weighted by atomic mass is 10.1. The van der Waals surface area contributed by atoms with Gasteiger partial charge in [0.15, 0.2) is 0 Å². The van der Waals surface area contributed by atoms with Gasteiger partial charge in [0.05, 0.1) is 6.61 Å². The van der Waals surface area contributed by atoms with Gasteiger partial charge in [-0.25, -0.2) is 0 Å². The van der Waals surface area contributed by atoms with Crippen molar-refractivity contribution < 1.29 is 14.3 Å². The molecule has 0 aliphatic carbocycles. The van der Waals surface area contributed by atoms with Crippen molar-refractivity contribution in [3.63, 3.8) is 0 Å². The molecule has 108 valence electrons. The monoisotopic (exact) mass is 276 g/mol. The summed E-state index contributed by atoms with van der Waals surface area (Å²) in [6.07, 6.45) is 1.07. The fourth-order valence-corrected chi connectivity index (χ4v) is 2.37. The van der Waals surface area contributed by atoms with Crippen LogP contribution in [0.25, 0.3) is 0 Å². The molecule has 1 saturated heterocycles. The largest absolute Gasteiger partial charge is 0.384 e. The molecule has 1 aromatic carbocycles. The van der Waals surface area contributed by atoms with Crippen LogP contribution in [0.3, 0.4) is 0 Å². The van der Waals surface area contributed by atoms with Gasteiger partial charge in [0.25, 0.3) is 0 Å². The highest BCUT2D eigenvalue weighted by Crippen LogP contribution is 2.23. The standard InChI is InChI=1S/C15H20N2O3/c1-11-15(19)17(9-7-14(18)16-11)13-6-4-3-5-12(13)8-10-20-2/h3-6,11H,7-10H2,1-2H3,(H,16,18). The Morgan fingerprint density at radius 2 is 2.10 bits per heavy atom. The van der Waals surface area contributed by atoms with Crippen molar-refractivity contribution in [2.75, 3.05) is 25.2 Å². The van der Waals surface area contributed by atoms with Crippen molar-refractivity contribution in [1.29, 1.82) is 0 Å². The molecule has 2 amide bonds. The third-order valence-electron chi connectivity index (χ3n) is 3.43. The molecule has 1 aromatic rings. The maximum Gasteiger partial charge on any atom is 0.249 e. The Labute approximate surface area is 118 Å². The van der Waals surface area contributed by atoms with E-state index in [2.05, 4.69) is 5.32 Å². The number of hydrogen-bond donors (Lipinski definition) is 1. The second-order valence-electron chi connectivity index (χ2n) is 4.90. The lowest BCUT2D eigenvalue weighted by Crippen LogP contribution is -2.43. The molecule has 20 heavy (non-hydrogen) atoms. The number of methoxy groups -OCH3 is 1. The molecule has 5 heteroatoms. The number of carbonyl (C=O) groups is 2. The molecule has 1 aliphatic rings. The number of para-hydroxylation sites is 1. The average Bonchev–Trinajstić information content (AvgIpc) is 2.57. The average molecular weight is 276 g/mol. The zero-order chi connectivity index (χ0) is 14.5. The van der Waals surface area contributed by atoms with Gasteiger partial charge in [-0.15, -0.1) is 0 Å². The van der Waals surface area contributed by atoms with Crippen LogP contribution in [-0.2, 0) is 20.7 Å². The molecule has 1 N–H and O–H groups in total. The van der Waals surface area contributed by atoms with E-state index in [1.165, 1.54) is 0 Å². The Kier molecular flexibility index (Phi) is 4.74. The second kappa shape index (κ2) is 6.52. The number of anilines is 1. The number of rotatable bonds is 4. The lowest BCUT2D eigenvalue weighted by molar-refractivity contribution is -0.125. The van der Waals surface area contributed by atoms with E-state index in [0.29, 0.717) is 19.6 Å². The molecule has 0 radical (unpaired) electrons. The van der Waals surface area contributed by atoms with Crippen LogP contribution in [0.5, 0.6) is 0 Å². The molecular formula is C15H20N2O3. The van der Waals surface area contributed by atoms with Crippen molar-refractivity contribution >= 4 is 17.5 Å². The number of hydrogen-bond acceptors (Lipinski definition) is 3. The van der Waals surface area contributed by atoms with Gasteiger partial charge < -0.3 is 15.0 Å². The predicted octanol–water partition coefficient (Wildman–Crippen LogP) is 1.12. The summed E-state index contributed by atoms with van der Waals surface area (Å²) in [5.74, 6) is -0.150. The minimum absolute atomic E-state index is 0.0688. The van der Waals surface area contributed by atoms with Crippen LogP contribution in [0.2, 0.25) is 0 Å². The molecule has 0 saturated carbocycles. The quantitative estimate of drug-likeness (QED) is 0.896. The summed E-state index contributed by atoms with van der Waals surface area (Å²) < 4.78 is 5.11. The van der Waals surface area contributed by atoms with Gasteiger partial charge >= 0.3 is 0 Å². The Hall–Kier alpha value is -1.88. The van der Waals surface area contributed by atoms with Crippen LogP contribution in [-0.4, -0.2) is 38.1 Å². The van der Waals surface area contributed by atoms with E-state index in [9.17, 15) is 9.59 Å². The van der Waals surface area contributed by atoms with Crippen molar-refractivity contribution in [2.24, 2.45) is 0 Å². The second-order valence-corrected chi connectivity index (χ2v) is 4.90. The summed E-state index contributed by atoms with van der Waals surface area (Å²) in [6, 6.07) is 7.28. The van der Waals surface area contributed by atoms with Crippen LogP contribution in [0.15, 0.2) is 24.3 Å². The van der Waals surface area contributed by atoms with Crippen molar-refractivity contribution in [1.82, 2.24) is 5.32 Å². The fourth-order valence-electron chi connectivity index (χ4n) is 2.37. The number of nitrogens with zero attached hydrogens (tertiary/aromatic N) is 1. The zero-order valence-electron chi connectivity index (χ0n) is 11.9. The van der Waals surface area contributed by atoms with Gasteiger partial charge in [-0.05, 0) is 25.0 Å². The SMILES string of the molecule is COCCc1ccccc1N1CCC(=O)NC(C)C1=O. The summed E-state index contributed by atoms with van der Waals surface area (Å²) in [4.78, 5) is 25.7. The first kappa shape index (κ1) is 14.5. The molecule has 1 aliphatic heterocycles. The summed E-state index contributed by atoms with van der Waals surface area (Å²) >= 11 is 0. The number of ether oxygens (including phenoxy) is 1. The highest BCUT2D eigenvalue weighted by Gasteiger charge is 2.28. The number of amides is 2. The molecular weight excluding hydrogens is 256 g/mol. The third kappa shape index (κ3) is 3.17. The minimum atomic E-state index is -0.486. The van der Waals surface area contributed by atoms with E-state index in [1.807, 2.05) is 24.3 Å². The maximum absolute atomic E-state index is 12.4. The van der Waals surface area contributed by atoms with Crippen LogP contribution in [0.4, 0.5) is 5.69 Å². The number of nitrogens with one attached hydrogen (secondary N) is 1. The minimum Gasteiger partial charge on any atom is -0.384 e. The van der Waals surface area contributed by atoms with E-state index in [1.54, 1.807) is 18.9 Å². The van der Waals surface area contributed by atoms with Crippen molar-refractivity contribution in [2.45, 2.75) is 25.8 Å². The maximum atomic E-state index is 12.4. The van der Waals surface area contributed by atoms with Crippen LogP contribution < -0.4 is 10.2 Å². The van der Waals surface area contributed by atoms with Gasteiger partial charge in [-0.2, -0.15) is 0 Å². The first-order valence-electron chi connectivity index (χ1n) is 6.81. The van der Waals surface area contributed by atoms with Gasteiger partial charge in [-0.1, -0.05) is 18.2 Å². The molecule has 0 bridgehead atoms. The topological polar surface area (TPSA) is 58.6 Å². The molecule has 1 unspecified atom stereocenters. The number of benzene rings is 1. The Bertz CT molecular complexity index is 502. The Morgan fingerprint density at radius 3 is 2.85 bits per heavy atom. The smallest absolute Gasteiger partial charge is 0.249 e. The lowest BCUT2D eigenvalue weighted by Gasteiger charge is -2.25. The Balaban J connectivity index is 2.29. The highest BCUT2D eigenvalue weighted by molar-refractivity contribution is 6.01. The van der Waals surface area contributed by atoms with E-state index in [0.717, 1.165) is 17.7 Å². The van der Waals surface area contributed by atoms with Crippen LogP contribution >= 0.6 is 0 Å². The fraction of sp³-hybridized carbons (Fsp3) is 0.467. The van der Waals surface area contributed by atoms with Crippen LogP contribution in [0, 0.1) is 0 Å². The van der Waals surface area contributed by atoms with Gasteiger partial charge in [0.2, 0.25) is 11.8 Å². The molecule has 1 atom stereocenters. The third-order valence-corrected chi connectivity index (χ3v) is 3.43. The normalized spacial score (nSPS) is 19.7. The first-order chi connectivity index (χ1) is 9.63. The highest BCUT2D eigenvalue weighted by atomic mass is 16.5. The van der Waals surface area contributed by atoms with Gasteiger partial charge in [-0.3, -0.25) is 9.59 Å². The molecule has 0 spiro atoms. The van der Waals surface area contributed by atoms with E-state index in [-0.39, 0.29) is 11.8 Å². The van der Waals surface area contributed by atoms with E-state index in [4.69, 9.17) is 4.74 Å². The summed E-state index contributed by atoms with van der Waals surface area (Å²) in [5, 5.41) is 2.70. The van der Waals surface area contributed by atoms with Crippen molar-refractivity contribution in [3.05, 3.63) is 29.8 Å². The van der Waals surface area contributed by atoms with Crippen molar-refractivity contribution in [3.8, 4) is 0 Å². The molecule has 5 nitrogen and oxygen atoms in total. The number of carbonyl (C=O) groups excluding carboxylic acids is 2. The molecule has 2 rings (SSSR count). The van der Waals surface area contributed by atoms with Gasteiger partial charge in [0.1, 0.15) is 6.04 Å². The predicted molar refractivity (Wildman–Crippen MR) is 76.6 cm³/mol. The summed E-state index contributed by atoms with van der Waals surface area (Å²) in [7, 11) is 1.66. The molecule has 1 heterocycles. The van der Waals surface area contributed by atoms with E-state index >= 15 is 0 Å². The summed E-state index contributed by atoms with van der Waals surface area (Å²) in [6.45, 7) is 2.74. The zero-order valence-corrected chi connectivity index (χ0v) is 11.9. The first-order valence-corrected chi connectivity index (χ1v) is 6.81. The molecule has 0 aromatic heterocycles. The summed E-state index contributed by atoms with van der Waals surface area (Å²) in [5.41, 5.74) is 1.93.